The van der Waals surface area contributed by atoms with Crippen LogP contribution in [0.4, 0.5) is 4.39 Å². The predicted molar refractivity (Wildman–Crippen MR) is 60.8 cm³/mol. The summed E-state index contributed by atoms with van der Waals surface area (Å²) in [5.41, 5.74) is 0. The smallest absolute Gasteiger partial charge is 0.114 e. The first-order chi connectivity index (χ1) is 7.15. The van der Waals surface area contributed by atoms with Gasteiger partial charge in [-0.15, -0.1) is 0 Å². The molecule has 2 aliphatic heterocycles. The molecule has 2 fully saturated rings. The van der Waals surface area contributed by atoms with Gasteiger partial charge in [0.05, 0.1) is 0 Å². The van der Waals surface area contributed by atoms with E-state index in [0.717, 1.165) is 18.9 Å². The molecule has 2 saturated heterocycles. The number of hydrogen-bond donors (Lipinski definition) is 0. The van der Waals surface area contributed by atoms with Crippen LogP contribution < -0.4 is 0 Å². The minimum Gasteiger partial charge on any atom is -0.306 e. The highest BCUT2D eigenvalue weighted by Gasteiger charge is 2.28. The predicted octanol–water partition coefficient (Wildman–Crippen LogP) is 1.76. The second kappa shape index (κ2) is 4.79. The fourth-order valence-electron chi connectivity index (χ4n) is 2.99. The van der Waals surface area contributed by atoms with E-state index < -0.39 is 6.17 Å². The summed E-state index contributed by atoms with van der Waals surface area (Å²) < 4.78 is 13.1. The lowest BCUT2D eigenvalue weighted by Gasteiger charge is -2.26. The molecule has 2 aliphatic rings. The monoisotopic (exact) mass is 214 g/mol. The van der Waals surface area contributed by atoms with Crippen LogP contribution >= 0.6 is 0 Å². The van der Waals surface area contributed by atoms with E-state index in [1.54, 1.807) is 0 Å². The third kappa shape index (κ3) is 2.91. The highest BCUT2D eigenvalue weighted by atomic mass is 19.1. The molecule has 88 valence electrons. The molecule has 0 aliphatic carbocycles. The van der Waals surface area contributed by atoms with Gasteiger partial charge in [0.2, 0.25) is 0 Å². The first kappa shape index (κ1) is 11.3. The minimum atomic E-state index is -0.571. The van der Waals surface area contributed by atoms with Crippen LogP contribution in [0.15, 0.2) is 0 Å². The first-order valence-corrected chi connectivity index (χ1v) is 6.22. The largest absolute Gasteiger partial charge is 0.306 e. The third-order valence-corrected chi connectivity index (χ3v) is 3.95. The van der Waals surface area contributed by atoms with E-state index in [2.05, 4.69) is 23.8 Å². The Morgan fingerprint density at radius 1 is 1.27 bits per heavy atom. The van der Waals surface area contributed by atoms with Gasteiger partial charge in [-0.2, -0.15) is 0 Å². The van der Waals surface area contributed by atoms with Crippen molar-refractivity contribution in [2.45, 2.75) is 38.4 Å². The molecule has 0 aromatic heterocycles. The highest BCUT2D eigenvalue weighted by molar-refractivity contribution is 4.83. The summed E-state index contributed by atoms with van der Waals surface area (Å²) in [6, 6.07) is 0.572. The molecule has 0 spiro atoms. The number of hydrogen-bond acceptors (Lipinski definition) is 2. The topological polar surface area (TPSA) is 6.48 Å². The van der Waals surface area contributed by atoms with Crippen LogP contribution in [-0.4, -0.2) is 55.2 Å². The lowest BCUT2D eigenvalue weighted by molar-refractivity contribution is 0.203. The molecule has 0 aromatic carbocycles. The van der Waals surface area contributed by atoms with Gasteiger partial charge in [-0.1, -0.05) is 0 Å². The maximum absolute atomic E-state index is 13.1. The van der Waals surface area contributed by atoms with Crippen molar-refractivity contribution in [3.05, 3.63) is 0 Å². The van der Waals surface area contributed by atoms with Gasteiger partial charge in [-0.3, -0.25) is 4.90 Å². The Balaban J connectivity index is 1.74. The maximum Gasteiger partial charge on any atom is 0.114 e. The van der Waals surface area contributed by atoms with Crippen LogP contribution in [0.3, 0.4) is 0 Å². The number of likely N-dealkylation sites (tertiary alicyclic amines) is 2. The Bertz CT molecular complexity index is 210. The molecule has 0 N–H and O–H groups in total. The molecule has 0 aromatic rings. The van der Waals surface area contributed by atoms with E-state index in [9.17, 15) is 4.39 Å². The number of halogens is 1. The average molecular weight is 214 g/mol. The summed E-state index contributed by atoms with van der Waals surface area (Å²) in [6.45, 7) is 6.37. The zero-order valence-electron chi connectivity index (χ0n) is 9.95. The van der Waals surface area contributed by atoms with Crippen molar-refractivity contribution < 1.29 is 4.39 Å². The molecule has 0 radical (unpaired) electrons. The minimum absolute atomic E-state index is 0.571. The Hall–Kier alpha value is -0.150. The lowest BCUT2D eigenvalue weighted by Crippen LogP contribution is -2.33. The van der Waals surface area contributed by atoms with Crippen molar-refractivity contribution in [1.29, 1.82) is 0 Å². The highest BCUT2D eigenvalue weighted by Crippen LogP contribution is 2.24. The van der Waals surface area contributed by atoms with Gasteiger partial charge in [-0.05, 0) is 45.7 Å². The molecule has 3 unspecified atom stereocenters. The summed E-state index contributed by atoms with van der Waals surface area (Å²) in [5, 5.41) is 0. The molecule has 0 amide bonds. The Morgan fingerprint density at radius 2 is 2.07 bits per heavy atom. The molecule has 2 rings (SSSR count). The second-order valence-corrected chi connectivity index (χ2v) is 5.38. The van der Waals surface area contributed by atoms with Gasteiger partial charge >= 0.3 is 0 Å². The van der Waals surface area contributed by atoms with Crippen molar-refractivity contribution in [2.75, 3.05) is 33.2 Å². The van der Waals surface area contributed by atoms with Crippen LogP contribution in [0.5, 0.6) is 0 Å². The fraction of sp³-hybridized carbons (Fsp3) is 1.00. The van der Waals surface area contributed by atoms with Crippen molar-refractivity contribution in [2.24, 2.45) is 5.92 Å². The van der Waals surface area contributed by atoms with E-state index in [-0.39, 0.29) is 0 Å². The van der Waals surface area contributed by atoms with Gasteiger partial charge in [0.1, 0.15) is 6.17 Å². The summed E-state index contributed by atoms with van der Waals surface area (Å²) in [6.07, 6.45) is 2.75. The molecule has 0 bridgehead atoms. The van der Waals surface area contributed by atoms with Crippen molar-refractivity contribution >= 4 is 0 Å². The summed E-state index contributed by atoms with van der Waals surface area (Å²) in [5.74, 6) is 0.837. The standard InChI is InChI=1S/C12H23FN2/c1-10(15-6-4-12(13)9-15)7-11-3-5-14(2)8-11/h10-12H,3-9H2,1-2H3. The molecule has 3 atom stereocenters. The van der Waals surface area contributed by atoms with E-state index in [0.29, 0.717) is 12.6 Å². The molecule has 0 saturated carbocycles. The third-order valence-electron chi connectivity index (χ3n) is 3.95. The number of nitrogens with zero attached hydrogens (tertiary/aromatic N) is 2. The zero-order valence-corrected chi connectivity index (χ0v) is 9.95. The van der Waals surface area contributed by atoms with E-state index >= 15 is 0 Å². The Kier molecular flexibility index (Phi) is 3.62. The normalized spacial score (nSPS) is 36.2. The van der Waals surface area contributed by atoms with Crippen molar-refractivity contribution in [3.8, 4) is 0 Å². The van der Waals surface area contributed by atoms with Gasteiger partial charge in [-0.25, -0.2) is 4.39 Å². The van der Waals surface area contributed by atoms with E-state index in [4.69, 9.17) is 0 Å². The molecule has 15 heavy (non-hydrogen) atoms. The summed E-state index contributed by atoms with van der Waals surface area (Å²) >= 11 is 0. The van der Waals surface area contributed by atoms with Crippen LogP contribution in [0.1, 0.15) is 26.2 Å². The van der Waals surface area contributed by atoms with Crippen LogP contribution in [0.2, 0.25) is 0 Å². The van der Waals surface area contributed by atoms with Crippen LogP contribution in [0, 0.1) is 5.92 Å². The van der Waals surface area contributed by atoms with Gasteiger partial charge < -0.3 is 4.90 Å². The van der Waals surface area contributed by atoms with Crippen LogP contribution in [0.25, 0.3) is 0 Å². The molecule has 2 nitrogen and oxygen atoms in total. The van der Waals surface area contributed by atoms with Crippen molar-refractivity contribution in [1.82, 2.24) is 9.80 Å². The van der Waals surface area contributed by atoms with E-state index in [1.807, 2.05) is 0 Å². The van der Waals surface area contributed by atoms with E-state index in [1.165, 1.54) is 25.9 Å². The van der Waals surface area contributed by atoms with Gasteiger partial charge in [0, 0.05) is 25.7 Å². The molecular formula is C12H23FN2. The second-order valence-electron chi connectivity index (χ2n) is 5.38. The number of alkyl halides is 1. The van der Waals surface area contributed by atoms with Gasteiger partial charge in [0.15, 0.2) is 0 Å². The summed E-state index contributed by atoms with van der Waals surface area (Å²) in [4.78, 5) is 4.72. The Morgan fingerprint density at radius 3 is 2.60 bits per heavy atom. The zero-order chi connectivity index (χ0) is 10.8. The fourth-order valence-corrected chi connectivity index (χ4v) is 2.99. The quantitative estimate of drug-likeness (QED) is 0.706. The maximum atomic E-state index is 13.1. The number of rotatable bonds is 3. The van der Waals surface area contributed by atoms with Crippen LogP contribution in [-0.2, 0) is 0 Å². The molecular weight excluding hydrogens is 191 g/mol. The molecule has 2 heterocycles. The van der Waals surface area contributed by atoms with Gasteiger partial charge in [0.25, 0.3) is 0 Å². The summed E-state index contributed by atoms with van der Waals surface area (Å²) in [7, 11) is 2.19. The Labute approximate surface area is 92.4 Å². The SMILES string of the molecule is CC(CC1CCN(C)C1)N1CCC(F)C1. The first-order valence-electron chi connectivity index (χ1n) is 6.22. The molecule has 3 heteroatoms. The average Bonchev–Trinajstić information content (AvgIpc) is 2.75. The lowest BCUT2D eigenvalue weighted by atomic mass is 9.99. The van der Waals surface area contributed by atoms with Crippen molar-refractivity contribution in [3.63, 3.8) is 0 Å².